The third-order valence-electron chi connectivity index (χ3n) is 2.94. The van der Waals surface area contributed by atoms with Crippen LogP contribution < -0.4 is 4.72 Å². The number of aromatic nitrogens is 1. The molecule has 20 heavy (non-hydrogen) atoms. The standard InChI is InChI=1S/C14H16N2O3S/c1-10-9-15-8-7-14(10)16-20(18,19)13-5-3-12(4-6-13)11(2)17/h3-9,11,17H,1-2H3,(H,15,16). The van der Waals surface area contributed by atoms with Gasteiger partial charge in [-0.25, -0.2) is 8.42 Å². The van der Waals surface area contributed by atoms with Crippen molar-refractivity contribution >= 4 is 15.7 Å². The maximum Gasteiger partial charge on any atom is 0.261 e. The molecule has 1 heterocycles. The molecule has 1 atom stereocenters. The molecule has 2 N–H and O–H groups in total. The number of aliphatic hydroxyl groups is 1. The van der Waals surface area contributed by atoms with Crippen LogP contribution in [0.25, 0.3) is 0 Å². The number of anilines is 1. The fourth-order valence-electron chi connectivity index (χ4n) is 1.72. The van der Waals surface area contributed by atoms with Gasteiger partial charge < -0.3 is 5.11 Å². The molecular formula is C14H16N2O3S. The van der Waals surface area contributed by atoms with E-state index in [1.54, 1.807) is 38.2 Å². The van der Waals surface area contributed by atoms with E-state index >= 15 is 0 Å². The largest absolute Gasteiger partial charge is 0.389 e. The Morgan fingerprint density at radius 3 is 2.40 bits per heavy atom. The van der Waals surface area contributed by atoms with E-state index in [1.807, 2.05) is 0 Å². The molecule has 0 saturated carbocycles. The monoisotopic (exact) mass is 292 g/mol. The highest BCUT2D eigenvalue weighted by Crippen LogP contribution is 2.20. The van der Waals surface area contributed by atoms with Gasteiger partial charge in [-0.1, -0.05) is 12.1 Å². The smallest absolute Gasteiger partial charge is 0.261 e. The summed E-state index contributed by atoms with van der Waals surface area (Å²) in [5.41, 5.74) is 1.92. The van der Waals surface area contributed by atoms with E-state index in [-0.39, 0.29) is 4.90 Å². The minimum atomic E-state index is -3.64. The molecule has 0 amide bonds. The van der Waals surface area contributed by atoms with Crippen LogP contribution in [-0.2, 0) is 10.0 Å². The minimum Gasteiger partial charge on any atom is -0.389 e. The van der Waals surface area contributed by atoms with Gasteiger partial charge in [0.1, 0.15) is 0 Å². The molecule has 0 fully saturated rings. The van der Waals surface area contributed by atoms with Gasteiger partial charge in [-0.2, -0.15) is 0 Å². The molecule has 5 nitrogen and oxygen atoms in total. The number of benzene rings is 1. The highest BCUT2D eigenvalue weighted by molar-refractivity contribution is 7.92. The van der Waals surface area contributed by atoms with Gasteiger partial charge in [-0.3, -0.25) is 9.71 Å². The quantitative estimate of drug-likeness (QED) is 0.905. The fourth-order valence-corrected chi connectivity index (χ4v) is 2.85. The van der Waals surface area contributed by atoms with E-state index in [1.165, 1.54) is 18.3 Å². The minimum absolute atomic E-state index is 0.151. The second-order valence-corrected chi connectivity index (χ2v) is 6.22. The summed E-state index contributed by atoms with van der Waals surface area (Å²) in [6, 6.07) is 7.75. The number of sulfonamides is 1. The number of hydrogen-bond acceptors (Lipinski definition) is 4. The molecule has 0 radical (unpaired) electrons. The Labute approximate surface area is 118 Å². The number of pyridine rings is 1. The molecule has 6 heteroatoms. The Kier molecular flexibility index (Phi) is 4.06. The fraction of sp³-hybridized carbons (Fsp3) is 0.214. The molecule has 0 aliphatic carbocycles. The van der Waals surface area contributed by atoms with Crippen molar-refractivity contribution in [2.75, 3.05) is 4.72 Å². The van der Waals surface area contributed by atoms with Crippen LogP contribution in [0.4, 0.5) is 5.69 Å². The topological polar surface area (TPSA) is 79.3 Å². The zero-order valence-corrected chi connectivity index (χ0v) is 12.1. The summed E-state index contributed by atoms with van der Waals surface area (Å²) in [5.74, 6) is 0. The molecule has 1 aromatic carbocycles. The zero-order chi connectivity index (χ0) is 14.8. The van der Waals surface area contributed by atoms with Gasteiger partial charge >= 0.3 is 0 Å². The number of aliphatic hydroxyl groups excluding tert-OH is 1. The molecule has 0 aliphatic heterocycles. The lowest BCUT2D eigenvalue weighted by atomic mass is 10.1. The summed E-state index contributed by atoms with van der Waals surface area (Å²) in [7, 11) is -3.64. The van der Waals surface area contributed by atoms with Crippen molar-refractivity contribution in [3.05, 3.63) is 53.9 Å². The van der Waals surface area contributed by atoms with Crippen molar-refractivity contribution in [3.63, 3.8) is 0 Å². The summed E-state index contributed by atoms with van der Waals surface area (Å²) in [4.78, 5) is 4.07. The van der Waals surface area contributed by atoms with Crippen LogP contribution in [0.1, 0.15) is 24.2 Å². The average Bonchev–Trinajstić information content (AvgIpc) is 2.41. The summed E-state index contributed by atoms with van der Waals surface area (Å²) < 4.78 is 27.0. The molecule has 2 aromatic rings. The molecule has 0 bridgehead atoms. The van der Waals surface area contributed by atoms with Crippen molar-refractivity contribution in [2.45, 2.75) is 24.8 Å². The molecular weight excluding hydrogens is 276 g/mol. The Morgan fingerprint density at radius 1 is 1.20 bits per heavy atom. The van der Waals surface area contributed by atoms with E-state index in [9.17, 15) is 13.5 Å². The number of hydrogen-bond donors (Lipinski definition) is 2. The molecule has 0 spiro atoms. The van der Waals surface area contributed by atoms with E-state index in [0.717, 1.165) is 5.56 Å². The zero-order valence-electron chi connectivity index (χ0n) is 11.2. The van der Waals surface area contributed by atoms with Crippen molar-refractivity contribution < 1.29 is 13.5 Å². The first-order valence-electron chi connectivity index (χ1n) is 6.11. The first-order chi connectivity index (χ1) is 9.40. The van der Waals surface area contributed by atoms with Crippen LogP contribution in [0.3, 0.4) is 0 Å². The van der Waals surface area contributed by atoms with Crippen LogP contribution in [-0.4, -0.2) is 18.5 Å². The Hall–Kier alpha value is -1.92. The third kappa shape index (κ3) is 3.15. The Morgan fingerprint density at radius 2 is 1.85 bits per heavy atom. The van der Waals surface area contributed by atoms with Crippen LogP contribution in [0, 0.1) is 6.92 Å². The van der Waals surface area contributed by atoms with Crippen LogP contribution in [0.2, 0.25) is 0 Å². The summed E-state index contributed by atoms with van der Waals surface area (Å²) in [6.07, 6.45) is 2.50. The summed E-state index contributed by atoms with van der Waals surface area (Å²) in [5, 5.41) is 9.42. The van der Waals surface area contributed by atoms with Gasteiger partial charge in [0.05, 0.1) is 16.7 Å². The summed E-state index contributed by atoms with van der Waals surface area (Å²) >= 11 is 0. The Balaban J connectivity index is 2.29. The second kappa shape index (κ2) is 5.60. The number of nitrogens with zero attached hydrogens (tertiary/aromatic N) is 1. The molecule has 0 saturated heterocycles. The van der Waals surface area contributed by atoms with Crippen LogP contribution >= 0.6 is 0 Å². The first kappa shape index (κ1) is 14.5. The predicted molar refractivity (Wildman–Crippen MR) is 76.9 cm³/mol. The van der Waals surface area contributed by atoms with E-state index in [0.29, 0.717) is 11.3 Å². The highest BCUT2D eigenvalue weighted by atomic mass is 32.2. The lowest BCUT2D eigenvalue weighted by Crippen LogP contribution is -2.14. The Bertz CT molecular complexity index is 695. The molecule has 1 unspecified atom stereocenters. The normalized spacial score (nSPS) is 12.9. The van der Waals surface area contributed by atoms with E-state index in [4.69, 9.17) is 0 Å². The van der Waals surface area contributed by atoms with E-state index in [2.05, 4.69) is 9.71 Å². The maximum absolute atomic E-state index is 12.2. The third-order valence-corrected chi connectivity index (χ3v) is 4.32. The predicted octanol–water partition coefficient (Wildman–Crippen LogP) is 2.24. The SMILES string of the molecule is Cc1cnccc1NS(=O)(=O)c1ccc(C(C)O)cc1. The van der Waals surface area contributed by atoms with Gasteiger partial charge in [0.15, 0.2) is 0 Å². The molecule has 106 valence electrons. The number of nitrogens with one attached hydrogen (secondary N) is 1. The van der Waals surface area contributed by atoms with Crippen LogP contribution in [0.5, 0.6) is 0 Å². The number of rotatable bonds is 4. The lowest BCUT2D eigenvalue weighted by Gasteiger charge is -2.11. The van der Waals surface area contributed by atoms with Crippen molar-refractivity contribution in [2.24, 2.45) is 0 Å². The van der Waals surface area contributed by atoms with Gasteiger partial charge in [0.2, 0.25) is 0 Å². The second-order valence-electron chi connectivity index (χ2n) is 4.54. The van der Waals surface area contributed by atoms with Gasteiger partial charge in [0.25, 0.3) is 10.0 Å². The van der Waals surface area contributed by atoms with Gasteiger partial charge in [-0.15, -0.1) is 0 Å². The van der Waals surface area contributed by atoms with Crippen LogP contribution in [0.15, 0.2) is 47.6 Å². The first-order valence-corrected chi connectivity index (χ1v) is 7.60. The molecule has 2 rings (SSSR count). The van der Waals surface area contributed by atoms with Crippen molar-refractivity contribution in [1.82, 2.24) is 4.98 Å². The molecule has 1 aromatic heterocycles. The van der Waals surface area contributed by atoms with Crippen molar-refractivity contribution in [3.8, 4) is 0 Å². The lowest BCUT2D eigenvalue weighted by molar-refractivity contribution is 0.199. The van der Waals surface area contributed by atoms with E-state index < -0.39 is 16.1 Å². The average molecular weight is 292 g/mol. The maximum atomic E-state index is 12.2. The van der Waals surface area contributed by atoms with Crippen molar-refractivity contribution in [1.29, 1.82) is 0 Å². The molecule has 0 aliphatic rings. The summed E-state index contributed by atoms with van der Waals surface area (Å²) in [6.45, 7) is 3.41. The van der Waals surface area contributed by atoms with Gasteiger partial charge in [-0.05, 0) is 43.2 Å². The van der Waals surface area contributed by atoms with Gasteiger partial charge in [0, 0.05) is 12.4 Å². The highest BCUT2D eigenvalue weighted by Gasteiger charge is 2.15. The number of aryl methyl sites for hydroxylation is 1.